The van der Waals surface area contributed by atoms with Gasteiger partial charge in [0.1, 0.15) is 0 Å². The van der Waals surface area contributed by atoms with Gasteiger partial charge in [-0.1, -0.05) is 121 Å². The predicted molar refractivity (Wildman–Crippen MR) is 130 cm³/mol. The van der Waals surface area contributed by atoms with Crippen molar-refractivity contribution in [2.24, 2.45) is 0 Å². The maximum absolute atomic E-state index is 9.53. The molecule has 0 spiro atoms. The van der Waals surface area contributed by atoms with Crippen molar-refractivity contribution >= 4 is 11.8 Å². The van der Waals surface area contributed by atoms with E-state index in [9.17, 15) is 5.11 Å². The van der Waals surface area contributed by atoms with Crippen LogP contribution in [0.1, 0.15) is 102 Å². The van der Waals surface area contributed by atoms with Crippen LogP contribution >= 0.6 is 11.8 Å². The highest BCUT2D eigenvalue weighted by Gasteiger charge is 2.08. The van der Waals surface area contributed by atoms with Gasteiger partial charge in [-0.05, 0) is 12.0 Å². The summed E-state index contributed by atoms with van der Waals surface area (Å²) in [5.41, 5.74) is 1.31. The summed E-state index contributed by atoms with van der Waals surface area (Å²) in [6, 6.07) is 10.4. The lowest BCUT2D eigenvalue weighted by atomic mass is 10.0. The van der Waals surface area contributed by atoms with Crippen molar-refractivity contribution in [1.29, 1.82) is 0 Å². The summed E-state index contributed by atoms with van der Waals surface area (Å²) < 4.78 is 5.80. The van der Waals surface area contributed by atoms with Crippen molar-refractivity contribution in [1.82, 2.24) is 0 Å². The minimum absolute atomic E-state index is 0.182. The van der Waals surface area contributed by atoms with E-state index in [1.54, 1.807) is 11.8 Å². The number of hydrogen-bond donors (Lipinski definition) is 1. The Bertz CT molecular complexity index is 438. The van der Waals surface area contributed by atoms with Gasteiger partial charge in [0.2, 0.25) is 0 Å². The van der Waals surface area contributed by atoms with Crippen LogP contribution in [0.3, 0.4) is 0 Å². The number of thioether (sulfide) groups is 1. The molecule has 168 valence electrons. The lowest BCUT2D eigenvalue weighted by Gasteiger charge is -2.14. The first-order chi connectivity index (χ1) is 14.4. The van der Waals surface area contributed by atoms with Crippen molar-refractivity contribution in [3.63, 3.8) is 0 Å². The molecular weight excluding hydrogens is 376 g/mol. The minimum atomic E-state index is 0.182. The van der Waals surface area contributed by atoms with Gasteiger partial charge in [-0.25, -0.2) is 0 Å². The lowest BCUT2D eigenvalue weighted by Crippen LogP contribution is -2.17. The molecule has 1 aromatic rings. The Balaban J connectivity index is 1.81. The highest BCUT2D eigenvalue weighted by Crippen LogP contribution is 2.18. The quantitative estimate of drug-likeness (QED) is 0.205. The summed E-state index contributed by atoms with van der Waals surface area (Å²) >= 11 is 1.79. The molecule has 1 aromatic carbocycles. The lowest BCUT2D eigenvalue weighted by molar-refractivity contribution is 0.117. The molecule has 0 bridgehead atoms. The fourth-order valence-corrected chi connectivity index (χ4v) is 4.47. The second-order valence-corrected chi connectivity index (χ2v) is 9.56. The maximum Gasteiger partial charge on any atom is 0.0607 e. The third kappa shape index (κ3) is 16.9. The van der Waals surface area contributed by atoms with Gasteiger partial charge in [-0.3, -0.25) is 0 Å². The van der Waals surface area contributed by atoms with Crippen LogP contribution in [0.2, 0.25) is 0 Å². The molecule has 1 N–H and O–H groups in total. The Hall–Kier alpha value is -0.510. The SMILES string of the molecule is CCCCCCCCCCCCCCCCOC[C@H](CO)SCc1ccccc1. The van der Waals surface area contributed by atoms with E-state index in [4.69, 9.17) is 4.74 Å². The van der Waals surface area contributed by atoms with Crippen LogP contribution in [0.5, 0.6) is 0 Å². The summed E-state index contributed by atoms with van der Waals surface area (Å²) in [7, 11) is 0. The molecule has 0 saturated heterocycles. The molecule has 0 fully saturated rings. The van der Waals surface area contributed by atoms with Crippen LogP contribution in [0, 0.1) is 0 Å². The van der Waals surface area contributed by atoms with Gasteiger partial charge in [0.25, 0.3) is 0 Å². The Morgan fingerprint density at radius 1 is 0.759 bits per heavy atom. The van der Waals surface area contributed by atoms with Gasteiger partial charge in [0, 0.05) is 12.4 Å². The molecule has 3 heteroatoms. The number of hydrogen-bond acceptors (Lipinski definition) is 3. The van der Waals surface area contributed by atoms with Gasteiger partial charge in [0.15, 0.2) is 0 Å². The van der Waals surface area contributed by atoms with Gasteiger partial charge in [0.05, 0.1) is 18.5 Å². The summed E-state index contributed by atoms with van der Waals surface area (Å²) in [5, 5.41) is 9.71. The molecule has 29 heavy (non-hydrogen) atoms. The van der Waals surface area contributed by atoms with Crippen molar-refractivity contribution < 1.29 is 9.84 Å². The second-order valence-electron chi connectivity index (χ2n) is 8.27. The largest absolute Gasteiger partial charge is 0.395 e. The monoisotopic (exact) mass is 422 g/mol. The Kier molecular flexibility index (Phi) is 19.0. The highest BCUT2D eigenvalue weighted by atomic mass is 32.2. The normalized spacial score (nSPS) is 12.3. The summed E-state index contributed by atoms with van der Waals surface area (Å²) in [6.07, 6.45) is 19.4. The molecule has 2 nitrogen and oxygen atoms in total. The smallest absolute Gasteiger partial charge is 0.0607 e. The fraction of sp³-hybridized carbons (Fsp3) is 0.769. The van der Waals surface area contributed by atoms with E-state index in [0.29, 0.717) is 6.61 Å². The number of benzene rings is 1. The van der Waals surface area contributed by atoms with E-state index in [0.717, 1.165) is 18.8 Å². The first-order valence-electron chi connectivity index (χ1n) is 12.2. The number of rotatable bonds is 21. The Morgan fingerprint density at radius 3 is 1.79 bits per heavy atom. The Morgan fingerprint density at radius 2 is 1.28 bits per heavy atom. The van der Waals surface area contributed by atoms with Crippen molar-refractivity contribution in [3.8, 4) is 0 Å². The van der Waals surface area contributed by atoms with Gasteiger partial charge >= 0.3 is 0 Å². The first kappa shape index (κ1) is 26.5. The molecule has 0 amide bonds. The van der Waals surface area contributed by atoms with Crippen LogP contribution in [-0.2, 0) is 10.5 Å². The van der Waals surface area contributed by atoms with Crippen LogP contribution in [0.15, 0.2) is 30.3 Å². The van der Waals surface area contributed by atoms with Gasteiger partial charge < -0.3 is 9.84 Å². The number of aliphatic hydroxyl groups is 1. The zero-order valence-corrected chi connectivity index (χ0v) is 19.8. The third-order valence-corrected chi connectivity index (χ3v) is 6.73. The third-order valence-electron chi connectivity index (χ3n) is 5.48. The van der Waals surface area contributed by atoms with Crippen LogP contribution in [-0.4, -0.2) is 30.2 Å². The molecule has 0 saturated carbocycles. The van der Waals surface area contributed by atoms with Crippen LogP contribution < -0.4 is 0 Å². The number of ether oxygens (including phenoxy) is 1. The average Bonchev–Trinajstić information content (AvgIpc) is 2.76. The van der Waals surface area contributed by atoms with Crippen molar-refractivity contribution in [3.05, 3.63) is 35.9 Å². The molecule has 0 heterocycles. The topological polar surface area (TPSA) is 29.5 Å². The number of unbranched alkanes of at least 4 members (excludes halogenated alkanes) is 13. The van der Waals surface area contributed by atoms with E-state index >= 15 is 0 Å². The van der Waals surface area contributed by atoms with E-state index in [1.165, 1.54) is 89.0 Å². The first-order valence-corrected chi connectivity index (χ1v) is 13.3. The van der Waals surface area contributed by atoms with Crippen LogP contribution in [0.4, 0.5) is 0 Å². The standard InChI is InChI=1S/C26H46O2S/c1-2-3-4-5-6-7-8-9-10-11-12-13-14-18-21-28-23-26(22-27)29-24-25-19-16-15-17-20-25/h15-17,19-20,26-27H,2-14,18,21-24H2,1H3/t26-/m0/s1. The molecule has 0 aliphatic heterocycles. The average molecular weight is 423 g/mol. The second kappa shape index (κ2) is 20.8. The van der Waals surface area contributed by atoms with E-state index in [2.05, 4.69) is 31.2 Å². The number of aliphatic hydroxyl groups excluding tert-OH is 1. The fourth-order valence-electron chi connectivity index (χ4n) is 3.56. The minimum Gasteiger partial charge on any atom is -0.395 e. The van der Waals surface area contributed by atoms with E-state index in [-0.39, 0.29) is 11.9 Å². The molecule has 0 aliphatic rings. The van der Waals surface area contributed by atoms with Gasteiger partial charge in [-0.15, -0.1) is 11.8 Å². The molecule has 0 radical (unpaired) electrons. The van der Waals surface area contributed by atoms with Gasteiger partial charge in [-0.2, -0.15) is 0 Å². The summed E-state index contributed by atoms with van der Waals surface area (Å²) in [6.45, 7) is 3.97. The highest BCUT2D eigenvalue weighted by molar-refractivity contribution is 7.99. The predicted octanol–water partition coefficient (Wildman–Crippen LogP) is 7.78. The van der Waals surface area contributed by atoms with E-state index in [1.807, 2.05) is 6.07 Å². The van der Waals surface area contributed by atoms with Crippen molar-refractivity contribution in [2.45, 2.75) is 108 Å². The zero-order chi connectivity index (χ0) is 20.8. The molecular formula is C26H46O2S. The molecule has 1 rings (SSSR count). The van der Waals surface area contributed by atoms with Crippen LogP contribution in [0.25, 0.3) is 0 Å². The molecule has 0 aliphatic carbocycles. The maximum atomic E-state index is 9.53. The zero-order valence-electron chi connectivity index (χ0n) is 19.0. The molecule has 0 aromatic heterocycles. The summed E-state index contributed by atoms with van der Waals surface area (Å²) in [5.74, 6) is 0.939. The van der Waals surface area contributed by atoms with E-state index < -0.39 is 0 Å². The van der Waals surface area contributed by atoms with Crippen molar-refractivity contribution in [2.75, 3.05) is 19.8 Å². The molecule has 1 atom stereocenters. The Labute approximate surface area is 185 Å². The molecule has 0 unspecified atom stereocenters. The summed E-state index contributed by atoms with van der Waals surface area (Å²) in [4.78, 5) is 0.